The van der Waals surface area contributed by atoms with Crippen molar-refractivity contribution < 1.29 is 9.53 Å². The Hall–Kier alpha value is -2.90. The molecule has 0 atom stereocenters. The molecule has 1 aliphatic rings. The summed E-state index contributed by atoms with van der Waals surface area (Å²) in [4.78, 5) is 17.9. The van der Waals surface area contributed by atoms with Crippen molar-refractivity contribution in [3.8, 4) is 0 Å². The van der Waals surface area contributed by atoms with Crippen LogP contribution in [0.25, 0.3) is 0 Å². The van der Waals surface area contributed by atoms with Crippen LogP contribution in [0.2, 0.25) is 0 Å². The number of benzene rings is 2. The van der Waals surface area contributed by atoms with Crippen LogP contribution in [-0.4, -0.2) is 50.1 Å². The molecule has 2 aromatic rings. The summed E-state index contributed by atoms with van der Waals surface area (Å²) >= 11 is 0. The third-order valence-electron chi connectivity index (χ3n) is 4.98. The minimum atomic E-state index is -0.419. The molecule has 2 aromatic carbocycles. The Bertz CT molecular complexity index is 829. The molecule has 29 heavy (non-hydrogen) atoms. The van der Waals surface area contributed by atoms with Crippen LogP contribution >= 0.6 is 0 Å². The molecule has 0 bridgehead atoms. The minimum Gasteiger partial charge on any atom is -0.379 e. The van der Waals surface area contributed by atoms with E-state index in [2.05, 4.69) is 44.8 Å². The maximum absolute atomic E-state index is 11.2. The van der Waals surface area contributed by atoms with Crippen LogP contribution in [0.4, 0.5) is 0 Å². The van der Waals surface area contributed by atoms with Gasteiger partial charge in [-0.3, -0.25) is 14.7 Å². The molecule has 7 heteroatoms. The first-order valence-corrected chi connectivity index (χ1v) is 9.86. The van der Waals surface area contributed by atoms with Gasteiger partial charge in [0.2, 0.25) is 5.91 Å². The number of amides is 1. The number of nitrogens with two attached hydrogens (primary N) is 1. The van der Waals surface area contributed by atoms with Crippen molar-refractivity contribution in [3.05, 3.63) is 70.8 Å². The van der Waals surface area contributed by atoms with E-state index >= 15 is 0 Å². The summed E-state index contributed by atoms with van der Waals surface area (Å²) in [7, 11) is 1.76. The fourth-order valence-corrected chi connectivity index (χ4v) is 3.26. The molecule has 1 heterocycles. The first kappa shape index (κ1) is 20.8. The van der Waals surface area contributed by atoms with Gasteiger partial charge in [-0.1, -0.05) is 36.4 Å². The summed E-state index contributed by atoms with van der Waals surface area (Å²) in [5.41, 5.74) is 9.41. The van der Waals surface area contributed by atoms with Crippen LogP contribution in [0.1, 0.15) is 27.0 Å². The summed E-state index contributed by atoms with van der Waals surface area (Å²) in [5.74, 6) is 0.308. The molecule has 0 aliphatic carbocycles. The molecule has 1 aliphatic heterocycles. The third kappa shape index (κ3) is 6.30. The summed E-state index contributed by atoms with van der Waals surface area (Å²) < 4.78 is 5.44. The van der Waals surface area contributed by atoms with Gasteiger partial charge >= 0.3 is 0 Å². The van der Waals surface area contributed by atoms with Crippen LogP contribution in [0.5, 0.6) is 0 Å². The van der Waals surface area contributed by atoms with Crippen LogP contribution in [0.15, 0.2) is 53.5 Å². The minimum absolute atomic E-state index is 0.419. The molecule has 3 rings (SSSR count). The topological polar surface area (TPSA) is 92.0 Å². The highest BCUT2D eigenvalue weighted by Crippen LogP contribution is 2.13. The second-order valence-corrected chi connectivity index (χ2v) is 7.00. The highest BCUT2D eigenvalue weighted by Gasteiger charge is 2.12. The zero-order valence-corrected chi connectivity index (χ0v) is 16.9. The normalized spacial score (nSPS) is 15.1. The Morgan fingerprint density at radius 2 is 1.69 bits per heavy atom. The number of guanidine groups is 1. The van der Waals surface area contributed by atoms with Crippen molar-refractivity contribution in [2.24, 2.45) is 10.7 Å². The van der Waals surface area contributed by atoms with Gasteiger partial charge in [0.1, 0.15) is 0 Å². The number of rotatable bonds is 7. The highest BCUT2D eigenvalue weighted by atomic mass is 16.5. The zero-order chi connectivity index (χ0) is 20.5. The number of aliphatic imine (C=N–C) groups is 1. The van der Waals surface area contributed by atoms with Gasteiger partial charge in [-0.25, -0.2) is 0 Å². The van der Waals surface area contributed by atoms with Gasteiger partial charge in [-0.05, 0) is 28.8 Å². The van der Waals surface area contributed by atoms with Crippen molar-refractivity contribution in [1.29, 1.82) is 0 Å². The van der Waals surface area contributed by atoms with Crippen LogP contribution < -0.4 is 16.4 Å². The quantitative estimate of drug-likeness (QED) is 0.488. The van der Waals surface area contributed by atoms with E-state index in [1.807, 2.05) is 12.1 Å². The molecule has 0 aromatic heterocycles. The van der Waals surface area contributed by atoms with Crippen molar-refractivity contribution >= 4 is 11.9 Å². The molecule has 0 spiro atoms. The standard InChI is InChI=1S/C22H29N5O2/c1-24-22(25-14-17-6-8-18(9-7-17)21(23)28)26-15-19-4-2-3-5-20(19)16-27-10-12-29-13-11-27/h2-9H,10-16H2,1H3,(H2,23,28)(H2,24,25,26). The Balaban J connectivity index is 1.53. The average Bonchev–Trinajstić information content (AvgIpc) is 2.76. The van der Waals surface area contributed by atoms with Gasteiger partial charge < -0.3 is 21.1 Å². The first-order chi connectivity index (χ1) is 14.2. The van der Waals surface area contributed by atoms with E-state index in [1.165, 1.54) is 11.1 Å². The van der Waals surface area contributed by atoms with Crippen molar-refractivity contribution in [3.63, 3.8) is 0 Å². The molecule has 0 radical (unpaired) electrons. The molecule has 7 nitrogen and oxygen atoms in total. The van der Waals surface area contributed by atoms with Gasteiger partial charge in [-0.15, -0.1) is 0 Å². The van der Waals surface area contributed by atoms with Crippen LogP contribution in [-0.2, 0) is 24.4 Å². The lowest BCUT2D eigenvalue weighted by Gasteiger charge is -2.27. The summed E-state index contributed by atoms with van der Waals surface area (Å²) in [5, 5.41) is 6.69. The molecular formula is C22H29N5O2. The number of nitrogens with one attached hydrogen (secondary N) is 2. The lowest BCUT2D eigenvalue weighted by atomic mass is 10.1. The summed E-state index contributed by atoms with van der Waals surface area (Å²) in [6.45, 7) is 5.78. The van der Waals surface area contributed by atoms with Gasteiger partial charge in [-0.2, -0.15) is 0 Å². The lowest BCUT2D eigenvalue weighted by Crippen LogP contribution is -2.37. The maximum Gasteiger partial charge on any atom is 0.248 e. The Morgan fingerprint density at radius 3 is 2.34 bits per heavy atom. The second-order valence-electron chi connectivity index (χ2n) is 7.00. The van der Waals surface area contributed by atoms with E-state index in [0.717, 1.165) is 44.4 Å². The van der Waals surface area contributed by atoms with Gasteiger partial charge in [0, 0.05) is 45.3 Å². The number of carbonyl (C=O) groups excluding carboxylic acids is 1. The van der Waals surface area contributed by atoms with Crippen molar-refractivity contribution in [2.45, 2.75) is 19.6 Å². The molecule has 154 valence electrons. The SMILES string of the molecule is CN=C(NCc1ccc(C(N)=O)cc1)NCc1ccccc1CN1CCOCC1. The van der Waals surface area contributed by atoms with Crippen molar-refractivity contribution in [2.75, 3.05) is 33.4 Å². The van der Waals surface area contributed by atoms with Gasteiger partial charge in [0.05, 0.1) is 13.2 Å². The van der Waals surface area contributed by atoms with Gasteiger partial charge in [0.25, 0.3) is 0 Å². The smallest absolute Gasteiger partial charge is 0.248 e. The van der Waals surface area contributed by atoms with E-state index in [-0.39, 0.29) is 0 Å². The largest absolute Gasteiger partial charge is 0.379 e. The number of morpholine rings is 1. The zero-order valence-electron chi connectivity index (χ0n) is 16.9. The summed E-state index contributed by atoms with van der Waals surface area (Å²) in [6, 6.07) is 15.7. The number of hydrogen-bond acceptors (Lipinski definition) is 4. The highest BCUT2D eigenvalue weighted by molar-refractivity contribution is 5.92. The van der Waals surface area contributed by atoms with Crippen LogP contribution in [0.3, 0.4) is 0 Å². The van der Waals surface area contributed by atoms with E-state index in [9.17, 15) is 4.79 Å². The van der Waals surface area contributed by atoms with Gasteiger partial charge in [0.15, 0.2) is 5.96 Å². The predicted octanol–water partition coefficient (Wildman–Crippen LogP) is 1.48. The molecule has 4 N–H and O–H groups in total. The van der Waals surface area contributed by atoms with Crippen molar-refractivity contribution in [1.82, 2.24) is 15.5 Å². The number of carbonyl (C=O) groups is 1. The van der Waals surface area contributed by atoms with E-state index in [1.54, 1.807) is 19.2 Å². The Morgan fingerprint density at radius 1 is 1.03 bits per heavy atom. The molecule has 1 amide bonds. The van der Waals surface area contributed by atoms with Crippen LogP contribution in [0, 0.1) is 0 Å². The monoisotopic (exact) mass is 395 g/mol. The maximum atomic E-state index is 11.2. The van der Waals surface area contributed by atoms with E-state index in [0.29, 0.717) is 18.7 Å². The fourth-order valence-electron chi connectivity index (χ4n) is 3.26. The lowest BCUT2D eigenvalue weighted by molar-refractivity contribution is 0.0341. The molecule has 0 unspecified atom stereocenters. The number of nitrogens with zero attached hydrogens (tertiary/aromatic N) is 2. The Labute approximate surface area is 172 Å². The average molecular weight is 396 g/mol. The van der Waals surface area contributed by atoms with E-state index in [4.69, 9.17) is 10.5 Å². The summed E-state index contributed by atoms with van der Waals surface area (Å²) in [6.07, 6.45) is 0. The third-order valence-corrected chi connectivity index (χ3v) is 4.98. The molecule has 0 saturated carbocycles. The number of primary amides is 1. The second kappa shape index (κ2) is 10.6. The predicted molar refractivity (Wildman–Crippen MR) is 115 cm³/mol. The molecular weight excluding hydrogens is 366 g/mol. The molecule has 1 fully saturated rings. The number of ether oxygens (including phenoxy) is 1. The fraction of sp³-hybridized carbons (Fsp3) is 0.364. The van der Waals surface area contributed by atoms with E-state index < -0.39 is 5.91 Å². The Kier molecular flexibility index (Phi) is 7.61. The number of hydrogen-bond donors (Lipinski definition) is 3. The first-order valence-electron chi connectivity index (χ1n) is 9.86. The molecule has 1 saturated heterocycles.